The van der Waals surface area contributed by atoms with Gasteiger partial charge >= 0.3 is 0 Å². The first-order valence-corrected chi connectivity index (χ1v) is 12.7. The third-order valence-electron chi connectivity index (χ3n) is 5.97. The van der Waals surface area contributed by atoms with Gasteiger partial charge in [0.2, 0.25) is 5.91 Å². The van der Waals surface area contributed by atoms with Crippen molar-refractivity contribution in [1.29, 1.82) is 0 Å². The highest BCUT2D eigenvalue weighted by Gasteiger charge is 2.34. The Morgan fingerprint density at radius 3 is 2.44 bits per heavy atom. The van der Waals surface area contributed by atoms with Gasteiger partial charge in [0.25, 0.3) is 5.91 Å². The third-order valence-corrected chi connectivity index (χ3v) is 7.19. The van der Waals surface area contributed by atoms with Crippen molar-refractivity contribution in [3.05, 3.63) is 89.0 Å². The Balaban J connectivity index is 1.42. The molecule has 1 N–H and O–H groups in total. The molecule has 0 bridgehead atoms. The number of thioether (sulfide) groups is 1. The summed E-state index contributed by atoms with van der Waals surface area (Å²) in [7, 11) is 0. The molecule has 2 amide bonds. The number of anilines is 2. The number of ether oxygens (including phenoxy) is 1. The topological polar surface area (TPSA) is 58.6 Å². The summed E-state index contributed by atoms with van der Waals surface area (Å²) >= 11 is 1.62. The number of hydrogen-bond acceptors (Lipinski definition) is 4. The minimum absolute atomic E-state index is 0.0837. The Labute approximate surface area is 205 Å². The van der Waals surface area contributed by atoms with E-state index in [0.29, 0.717) is 23.6 Å². The zero-order valence-electron chi connectivity index (χ0n) is 19.8. The monoisotopic (exact) mass is 474 g/mol. The van der Waals surface area contributed by atoms with Gasteiger partial charge in [0.05, 0.1) is 12.4 Å². The van der Waals surface area contributed by atoms with Gasteiger partial charge in [-0.05, 0) is 85.5 Å². The van der Waals surface area contributed by atoms with Crippen LogP contribution in [0.3, 0.4) is 0 Å². The predicted octanol–water partition coefficient (Wildman–Crippen LogP) is 6.51. The maximum absolute atomic E-state index is 12.7. The Hall–Kier alpha value is -3.25. The second kappa shape index (κ2) is 10.8. The quantitative estimate of drug-likeness (QED) is 0.378. The molecule has 1 aliphatic rings. The van der Waals surface area contributed by atoms with Gasteiger partial charge in [0.15, 0.2) is 0 Å². The fraction of sp³-hybridized carbons (Fsp3) is 0.286. The second-order valence-corrected chi connectivity index (χ2v) is 9.57. The molecule has 1 fully saturated rings. The standard InChI is InChI=1S/C28H30N2O3S/c1-4-5-16-33-25-14-9-21(10-15-25)27(32)29-23-11-7-22(8-12-23)28-30(26(31)18-34-28)24-13-6-19(2)20(3)17-24/h6-15,17,28H,4-5,16,18H2,1-3H3,(H,29,32). The largest absolute Gasteiger partial charge is 0.494 e. The molecule has 3 aromatic rings. The fourth-order valence-corrected chi connectivity index (χ4v) is 4.97. The lowest BCUT2D eigenvalue weighted by Crippen LogP contribution is -2.27. The molecule has 5 nitrogen and oxygen atoms in total. The number of carbonyl (C=O) groups is 2. The summed E-state index contributed by atoms with van der Waals surface area (Å²) in [6, 6.07) is 21.0. The van der Waals surface area contributed by atoms with Gasteiger partial charge in [0.1, 0.15) is 11.1 Å². The van der Waals surface area contributed by atoms with Crippen molar-refractivity contribution < 1.29 is 14.3 Å². The Morgan fingerprint density at radius 2 is 1.76 bits per heavy atom. The summed E-state index contributed by atoms with van der Waals surface area (Å²) in [5.41, 5.74) is 5.61. The van der Waals surface area contributed by atoms with Crippen LogP contribution in [0.1, 0.15) is 52.2 Å². The minimum atomic E-state index is -0.171. The number of unbranched alkanes of at least 4 members (excludes halogenated alkanes) is 1. The van der Waals surface area contributed by atoms with Crippen molar-refractivity contribution in [2.75, 3.05) is 22.6 Å². The molecule has 1 atom stereocenters. The number of carbonyl (C=O) groups excluding carboxylic acids is 2. The smallest absolute Gasteiger partial charge is 0.255 e. The van der Waals surface area contributed by atoms with Crippen molar-refractivity contribution in [2.24, 2.45) is 0 Å². The fourth-order valence-electron chi connectivity index (χ4n) is 3.80. The van der Waals surface area contributed by atoms with Crippen LogP contribution in [0.25, 0.3) is 0 Å². The van der Waals surface area contributed by atoms with E-state index >= 15 is 0 Å². The van der Waals surface area contributed by atoms with E-state index in [1.807, 2.05) is 47.4 Å². The van der Waals surface area contributed by atoms with Gasteiger partial charge in [-0.2, -0.15) is 0 Å². The van der Waals surface area contributed by atoms with Crippen molar-refractivity contribution in [3.8, 4) is 5.75 Å². The molecule has 0 saturated carbocycles. The van der Waals surface area contributed by atoms with E-state index in [1.165, 1.54) is 11.1 Å². The van der Waals surface area contributed by atoms with Gasteiger partial charge in [-0.25, -0.2) is 0 Å². The summed E-state index contributed by atoms with van der Waals surface area (Å²) in [6.07, 6.45) is 2.09. The second-order valence-electron chi connectivity index (χ2n) is 8.50. The Bertz CT molecular complexity index is 1160. The molecule has 1 heterocycles. The molecule has 176 valence electrons. The summed E-state index contributed by atoms with van der Waals surface area (Å²) < 4.78 is 5.66. The van der Waals surface area contributed by atoms with Gasteiger partial charge in [0, 0.05) is 16.9 Å². The highest BCUT2D eigenvalue weighted by Crippen LogP contribution is 2.42. The van der Waals surface area contributed by atoms with Crippen molar-refractivity contribution >= 4 is 35.0 Å². The van der Waals surface area contributed by atoms with E-state index in [2.05, 4.69) is 38.2 Å². The van der Waals surface area contributed by atoms with Gasteiger partial charge < -0.3 is 10.1 Å². The average Bonchev–Trinajstić information content (AvgIpc) is 3.23. The molecule has 3 aromatic carbocycles. The lowest BCUT2D eigenvalue weighted by atomic mass is 10.1. The third kappa shape index (κ3) is 5.45. The van der Waals surface area contributed by atoms with Crippen LogP contribution < -0.4 is 15.0 Å². The Morgan fingerprint density at radius 1 is 1.03 bits per heavy atom. The molecular formula is C28H30N2O3S. The van der Waals surface area contributed by atoms with Crippen LogP contribution in [0.5, 0.6) is 5.75 Å². The van der Waals surface area contributed by atoms with Crippen molar-refractivity contribution in [2.45, 2.75) is 39.0 Å². The van der Waals surface area contributed by atoms with E-state index < -0.39 is 0 Å². The number of nitrogens with zero attached hydrogens (tertiary/aromatic N) is 1. The van der Waals surface area contributed by atoms with Crippen LogP contribution in [0.15, 0.2) is 66.7 Å². The van der Waals surface area contributed by atoms with Crippen molar-refractivity contribution in [1.82, 2.24) is 0 Å². The Kier molecular flexibility index (Phi) is 7.58. The molecule has 0 aromatic heterocycles. The number of amides is 2. The van der Waals surface area contributed by atoms with Gasteiger partial charge in [-0.3, -0.25) is 14.5 Å². The predicted molar refractivity (Wildman–Crippen MR) is 140 cm³/mol. The molecule has 6 heteroatoms. The summed E-state index contributed by atoms with van der Waals surface area (Å²) in [5, 5.41) is 2.86. The molecule has 34 heavy (non-hydrogen) atoms. The van der Waals surface area contributed by atoms with E-state index in [9.17, 15) is 9.59 Å². The highest BCUT2D eigenvalue weighted by molar-refractivity contribution is 8.00. The van der Waals surface area contributed by atoms with Crippen LogP contribution >= 0.6 is 11.8 Å². The molecule has 0 aliphatic carbocycles. The molecule has 1 aliphatic heterocycles. The van der Waals surface area contributed by atoms with Gasteiger partial charge in [-0.15, -0.1) is 11.8 Å². The van der Waals surface area contributed by atoms with E-state index in [0.717, 1.165) is 29.8 Å². The highest BCUT2D eigenvalue weighted by atomic mass is 32.2. The molecular weight excluding hydrogens is 444 g/mol. The van der Waals surface area contributed by atoms with Crippen molar-refractivity contribution in [3.63, 3.8) is 0 Å². The normalized spacial score (nSPS) is 15.4. The number of nitrogens with one attached hydrogen (secondary N) is 1. The number of aryl methyl sites for hydroxylation is 2. The SMILES string of the molecule is CCCCOc1ccc(C(=O)Nc2ccc(C3SCC(=O)N3c3ccc(C)c(C)c3)cc2)cc1. The molecule has 1 saturated heterocycles. The summed E-state index contributed by atoms with van der Waals surface area (Å²) in [6.45, 7) is 6.93. The van der Waals surface area contributed by atoms with E-state index in [-0.39, 0.29) is 17.2 Å². The minimum Gasteiger partial charge on any atom is -0.494 e. The molecule has 4 rings (SSSR count). The van der Waals surface area contributed by atoms with Crippen LogP contribution in [0.4, 0.5) is 11.4 Å². The average molecular weight is 475 g/mol. The first-order chi connectivity index (χ1) is 16.5. The lowest BCUT2D eigenvalue weighted by Gasteiger charge is -2.25. The van der Waals surface area contributed by atoms with Crippen LogP contribution in [0, 0.1) is 13.8 Å². The number of benzene rings is 3. The number of rotatable bonds is 8. The lowest BCUT2D eigenvalue weighted by molar-refractivity contribution is -0.115. The molecule has 1 unspecified atom stereocenters. The van der Waals surface area contributed by atoms with Gasteiger partial charge in [-0.1, -0.05) is 31.5 Å². The van der Waals surface area contributed by atoms with Crippen LogP contribution in [-0.4, -0.2) is 24.2 Å². The van der Waals surface area contributed by atoms with E-state index in [4.69, 9.17) is 4.74 Å². The number of hydrogen-bond donors (Lipinski definition) is 1. The zero-order chi connectivity index (χ0) is 24.1. The zero-order valence-corrected chi connectivity index (χ0v) is 20.7. The maximum atomic E-state index is 12.7. The maximum Gasteiger partial charge on any atom is 0.255 e. The summed E-state index contributed by atoms with van der Waals surface area (Å²) in [4.78, 5) is 27.2. The van der Waals surface area contributed by atoms with E-state index in [1.54, 1.807) is 23.9 Å². The summed E-state index contributed by atoms with van der Waals surface area (Å²) in [5.74, 6) is 1.16. The van der Waals surface area contributed by atoms with Crippen LogP contribution in [0.2, 0.25) is 0 Å². The van der Waals surface area contributed by atoms with Crippen LogP contribution in [-0.2, 0) is 4.79 Å². The molecule has 0 radical (unpaired) electrons. The first kappa shape index (κ1) is 23.9. The first-order valence-electron chi connectivity index (χ1n) is 11.6. The molecule has 0 spiro atoms.